The normalized spacial score (nSPS) is 17.0. The number of hydrogen-bond acceptors (Lipinski definition) is 11. The van der Waals surface area contributed by atoms with Crippen molar-refractivity contribution in [2.45, 2.75) is 88.1 Å². The van der Waals surface area contributed by atoms with Crippen LogP contribution in [0.3, 0.4) is 0 Å². The summed E-state index contributed by atoms with van der Waals surface area (Å²) in [6.45, 7) is 2.50. The van der Waals surface area contributed by atoms with Gasteiger partial charge in [0.1, 0.15) is 11.1 Å². The maximum absolute atomic E-state index is 12.7. The zero-order valence-corrected chi connectivity index (χ0v) is 36.8. The van der Waals surface area contributed by atoms with E-state index in [1.165, 1.54) is 6.20 Å². The molecular weight excluding hydrogens is 852 g/mol. The Bertz CT molecular complexity index is 2440. The van der Waals surface area contributed by atoms with Gasteiger partial charge in [-0.1, -0.05) is 60.7 Å². The van der Waals surface area contributed by atoms with E-state index in [9.17, 15) is 39.3 Å². The highest BCUT2D eigenvalue weighted by Gasteiger charge is 2.41. The van der Waals surface area contributed by atoms with Crippen molar-refractivity contribution in [3.63, 3.8) is 0 Å². The van der Waals surface area contributed by atoms with Crippen LogP contribution in [0.5, 0.6) is 0 Å². The van der Waals surface area contributed by atoms with E-state index in [4.69, 9.17) is 23.1 Å². The number of benzene rings is 2. The zero-order valence-electron chi connectivity index (χ0n) is 36.0. The molecule has 0 radical (unpaired) electrons. The van der Waals surface area contributed by atoms with Gasteiger partial charge in [-0.2, -0.15) is 20.7 Å². The minimum atomic E-state index is -0.690. The highest BCUT2D eigenvalue weighted by molar-refractivity contribution is 6.63. The Labute approximate surface area is 381 Å². The van der Waals surface area contributed by atoms with Crippen LogP contribution in [0.1, 0.15) is 96.1 Å². The summed E-state index contributed by atoms with van der Waals surface area (Å²) < 4.78 is 3.25. The molecule has 0 spiro atoms. The number of anilines is 2. The predicted octanol–water partition coefficient (Wildman–Crippen LogP) is 4.12. The van der Waals surface area contributed by atoms with Crippen LogP contribution in [0, 0.1) is 34.5 Å². The van der Waals surface area contributed by atoms with Crippen LogP contribution < -0.4 is 27.4 Å². The molecule has 7 N–H and O–H groups in total. The van der Waals surface area contributed by atoms with Crippen LogP contribution in [-0.4, -0.2) is 85.4 Å². The van der Waals surface area contributed by atoms with Gasteiger partial charge in [-0.3, -0.25) is 38.1 Å². The summed E-state index contributed by atoms with van der Waals surface area (Å²) in [6.07, 6.45) is 10.1. The molecule has 2 aliphatic carbocycles. The lowest BCUT2D eigenvalue weighted by Gasteiger charge is -2.40. The van der Waals surface area contributed by atoms with E-state index in [-0.39, 0.29) is 64.0 Å². The fourth-order valence-corrected chi connectivity index (χ4v) is 8.03. The van der Waals surface area contributed by atoms with Gasteiger partial charge in [-0.15, -0.1) is 0 Å². The van der Waals surface area contributed by atoms with Crippen molar-refractivity contribution in [3.05, 3.63) is 95.3 Å². The Hall–Kier alpha value is -6.89. The Balaban J connectivity index is 0.000000184. The fourth-order valence-electron chi connectivity index (χ4n) is 7.88. The smallest absolute Gasteiger partial charge is 0.254 e. The number of amides is 5. The SMILES string of the molecule is N#CCC1(n2cc(C(N)=O)c(NC(=O)C3CC3)n2)CCN(C(=O)Cc2ccccc2)CC1.N#CCC1(n2cc(C(N)=O)c(NC(=O)C3CC3)n2)CCNCC1.O=C(Cl)Cc1ccccc1. The number of nitrogens with zero attached hydrogens (tertiary/aromatic N) is 7. The molecule has 4 aromatic rings. The molecule has 65 heavy (non-hydrogen) atoms. The van der Waals surface area contributed by atoms with E-state index in [2.05, 4.69) is 38.3 Å². The fraction of sp³-hybridized carbons (Fsp3) is 0.435. The van der Waals surface area contributed by atoms with Gasteiger partial charge < -0.3 is 32.3 Å². The Morgan fingerprint density at radius 1 is 0.677 bits per heavy atom. The number of nitrogens with one attached hydrogen (secondary N) is 3. The van der Waals surface area contributed by atoms with E-state index in [1.54, 1.807) is 20.5 Å². The minimum Gasteiger partial charge on any atom is -0.365 e. The third-order valence-electron chi connectivity index (χ3n) is 12.1. The summed E-state index contributed by atoms with van der Waals surface area (Å²) in [5.74, 6) is -1.29. The average molecular weight is 905 g/mol. The summed E-state index contributed by atoms with van der Waals surface area (Å²) in [6, 6.07) is 23.4. The van der Waals surface area contributed by atoms with E-state index in [1.807, 2.05) is 60.7 Å². The molecule has 2 aromatic carbocycles. The molecule has 4 fully saturated rings. The first kappa shape index (κ1) is 47.6. The Morgan fingerprint density at radius 2 is 1.09 bits per heavy atom. The van der Waals surface area contributed by atoms with Crippen LogP contribution in [0.25, 0.3) is 0 Å². The summed E-state index contributed by atoms with van der Waals surface area (Å²) in [5, 5.41) is 35.9. The topological polar surface area (TPSA) is 277 Å². The lowest BCUT2D eigenvalue weighted by Crippen LogP contribution is -2.48. The van der Waals surface area contributed by atoms with Crippen molar-refractivity contribution >= 4 is 58.0 Å². The lowest BCUT2D eigenvalue weighted by molar-refractivity contribution is -0.132. The number of aromatic nitrogens is 4. The number of nitrogens with two attached hydrogens (primary N) is 2. The van der Waals surface area contributed by atoms with Crippen LogP contribution in [0.4, 0.5) is 11.6 Å². The monoisotopic (exact) mass is 904 g/mol. The third-order valence-corrected chi connectivity index (χ3v) is 12.2. The molecule has 2 aromatic heterocycles. The first-order valence-electron chi connectivity index (χ1n) is 21.7. The van der Waals surface area contributed by atoms with Gasteiger partial charge in [-0.25, -0.2) is 0 Å². The first-order valence-corrected chi connectivity index (χ1v) is 22.0. The third kappa shape index (κ3) is 12.6. The highest BCUT2D eigenvalue weighted by Crippen LogP contribution is 2.37. The van der Waals surface area contributed by atoms with Crippen LogP contribution in [0.15, 0.2) is 73.1 Å². The van der Waals surface area contributed by atoms with Gasteiger partial charge in [-0.05, 0) is 87.2 Å². The van der Waals surface area contributed by atoms with Gasteiger partial charge >= 0.3 is 0 Å². The molecule has 0 atom stereocenters. The lowest BCUT2D eigenvalue weighted by atomic mass is 9.84. The van der Waals surface area contributed by atoms with Crippen LogP contribution in [-0.2, 0) is 43.1 Å². The minimum absolute atomic E-state index is 0.00725. The Morgan fingerprint density at radius 3 is 1.48 bits per heavy atom. The maximum Gasteiger partial charge on any atom is 0.254 e. The van der Waals surface area contributed by atoms with Gasteiger partial charge in [0.25, 0.3) is 11.8 Å². The average Bonchev–Trinajstić information content (AvgIpc) is 4.24. The van der Waals surface area contributed by atoms with Crippen molar-refractivity contribution in [3.8, 4) is 12.1 Å². The van der Waals surface area contributed by atoms with Crippen molar-refractivity contribution in [1.82, 2.24) is 29.8 Å². The van der Waals surface area contributed by atoms with Crippen molar-refractivity contribution in [2.75, 3.05) is 36.8 Å². The second kappa shape index (κ2) is 21.7. The van der Waals surface area contributed by atoms with Crippen molar-refractivity contribution < 1.29 is 28.8 Å². The number of nitriles is 2. The maximum atomic E-state index is 12.7. The molecule has 340 valence electrons. The number of likely N-dealkylation sites (tertiary alicyclic amines) is 1. The number of primary amides is 2. The number of halogens is 1. The molecule has 5 amide bonds. The molecule has 2 saturated carbocycles. The summed E-state index contributed by atoms with van der Waals surface area (Å²) in [7, 11) is 0. The standard InChI is InChI=1S/C23H26N6O3.C15H20N6O2.C8H7ClO/c24-11-8-23(9-12-28(13-10-23)19(30)14-16-4-2-1-3-5-16)29-15-18(20(25)31)21(27-29)26-22(32)17-6-7-17;16-6-3-15(4-7-18-8-5-15)21-9-11(12(17)22)13(20-21)19-14(23)10-1-2-10;9-8(10)6-7-4-2-1-3-5-7/h1-5,15,17H,6-10,12-14H2,(H2,25,31)(H,26,27,32);9-10,18H,1-5,7-8H2,(H2,17,22)(H,19,20,23);1-5H,6H2. The molecule has 18 nitrogen and oxygen atoms in total. The van der Waals surface area contributed by atoms with Crippen LogP contribution in [0.2, 0.25) is 0 Å². The first-order chi connectivity index (χ1) is 31.3. The van der Waals surface area contributed by atoms with E-state index < -0.39 is 22.9 Å². The molecule has 0 bridgehead atoms. The number of rotatable bonds is 14. The molecule has 2 aliphatic heterocycles. The molecule has 4 heterocycles. The van der Waals surface area contributed by atoms with Gasteiger partial charge in [0.15, 0.2) is 11.6 Å². The molecule has 0 unspecified atom stereocenters. The summed E-state index contributed by atoms with van der Waals surface area (Å²) in [4.78, 5) is 72.7. The van der Waals surface area contributed by atoms with Crippen molar-refractivity contribution in [1.29, 1.82) is 10.5 Å². The van der Waals surface area contributed by atoms with E-state index >= 15 is 0 Å². The Kier molecular flexibility index (Phi) is 15.9. The van der Waals surface area contributed by atoms with Gasteiger partial charge in [0, 0.05) is 43.7 Å². The van der Waals surface area contributed by atoms with Gasteiger partial charge in [0.2, 0.25) is 23.0 Å². The number of hydrogen-bond donors (Lipinski definition) is 5. The molecule has 4 aliphatic rings. The van der Waals surface area contributed by atoms with Crippen molar-refractivity contribution in [2.24, 2.45) is 23.3 Å². The van der Waals surface area contributed by atoms with E-state index in [0.717, 1.165) is 62.7 Å². The zero-order chi connectivity index (χ0) is 46.6. The van der Waals surface area contributed by atoms with Crippen LogP contribution >= 0.6 is 11.6 Å². The molecule has 8 rings (SSSR count). The van der Waals surface area contributed by atoms with E-state index in [0.29, 0.717) is 45.2 Å². The highest BCUT2D eigenvalue weighted by atomic mass is 35.5. The molecule has 19 heteroatoms. The summed E-state index contributed by atoms with van der Waals surface area (Å²) >= 11 is 5.17. The second-order valence-electron chi connectivity index (χ2n) is 16.9. The molecule has 2 saturated heterocycles. The number of piperidine rings is 2. The molecular formula is C46H53ClN12O6. The second-order valence-corrected chi connectivity index (χ2v) is 17.3. The predicted molar refractivity (Wildman–Crippen MR) is 240 cm³/mol. The summed E-state index contributed by atoms with van der Waals surface area (Å²) in [5.41, 5.74) is 12.0. The van der Waals surface area contributed by atoms with Gasteiger partial charge in [0.05, 0.1) is 42.5 Å². The quantitative estimate of drug-likeness (QED) is 0.112. The number of carbonyl (C=O) groups excluding carboxylic acids is 6. The largest absolute Gasteiger partial charge is 0.365 e. The number of carbonyl (C=O) groups is 6.